The van der Waals surface area contributed by atoms with E-state index >= 15 is 0 Å². The quantitative estimate of drug-likeness (QED) is 0.203. The van der Waals surface area contributed by atoms with Crippen LogP contribution >= 0.6 is 24.0 Å². The molecule has 9 heteroatoms. The molecule has 0 aromatic heterocycles. The van der Waals surface area contributed by atoms with Crippen molar-refractivity contribution in [3.05, 3.63) is 30.1 Å². The number of guanidine groups is 1. The Hall–Kier alpha value is -1.62. The first-order chi connectivity index (χ1) is 14.5. The van der Waals surface area contributed by atoms with E-state index < -0.39 is 0 Å². The summed E-state index contributed by atoms with van der Waals surface area (Å²) in [6.45, 7) is 9.97. The summed E-state index contributed by atoms with van der Waals surface area (Å²) in [5.41, 5.74) is 0.995. The topological polar surface area (TPSA) is 69.2 Å². The lowest BCUT2D eigenvalue weighted by Crippen LogP contribution is -2.49. The Kier molecular flexibility index (Phi) is 13.5. The van der Waals surface area contributed by atoms with Crippen LogP contribution in [-0.2, 0) is 9.53 Å². The first-order valence-electron chi connectivity index (χ1n) is 10.8. The van der Waals surface area contributed by atoms with Gasteiger partial charge in [0, 0.05) is 71.6 Å². The molecule has 1 aliphatic rings. The third-order valence-electron chi connectivity index (χ3n) is 4.89. The number of ether oxygens (including phenoxy) is 1. The lowest BCUT2D eigenvalue weighted by atomic mass is 10.2. The fourth-order valence-corrected chi connectivity index (χ4v) is 3.23. The van der Waals surface area contributed by atoms with Gasteiger partial charge in [0.25, 0.3) is 0 Å². The fourth-order valence-electron chi connectivity index (χ4n) is 3.23. The Labute approximate surface area is 202 Å². The number of hydrogen-bond donors (Lipinski definition) is 2. The maximum Gasteiger partial charge on any atom is 0.224 e. The maximum atomic E-state index is 13.1. The van der Waals surface area contributed by atoms with Crippen molar-refractivity contribution >= 4 is 41.5 Å². The molecular weight excluding hydrogens is 512 g/mol. The molecular formula is C22H37FIN5O2. The summed E-state index contributed by atoms with van der Waals surface area (Å²) >= 11 is 0. The van der Waals surface area contributed by atoms with Gasteiger partial charge in [-0.3, -0.25) is 9.79 Å². The summed E-state index contributed by atoms with van der Waals surface area (Å²) in [4.78, 5) is 20.7. The summed E-state index contributed by atoms with van der Waals surface area (Å²) in [6.07, 6.45) is 1.33. The average Bonchev–Trinajstić information content (AvgIpc) is 2.75. The van der Waals surface area contributed by atoms with Crippen LogP contribution in [0.4, 0.5) is 10.1 Å². The fraction of sp³-hybridized carbons (Fsp3) is 0.636. The van der Waals surface area contributed by atoms with Gasteiger partial charge in [0.1, 0.15) is 5.82 Å². The Balaban J connectivity index is 0.00000480. The first kappa shape index (κ1) is 27.4. The Bertz CT molecular complexity index is 664. The van der Waals surface area contributed by atoms with Crippen molar-refractivity contribution in [2.24, 2.45) is 10.9 Å². The monoisotopic (exact) mass is 549 g/mol. The van der Waals surface area contributed by atoms with Crippen LogP contribution < -0.4 is 15.5 Å². The molecule has 0 atom stereocenters. The van der Waals surface area contributed by atoms with Crippen molar-refractivity contribution in [3.8, 4) is 0 Å². The highest BCUT2D eigenvalue weighted by molar-refractivity contribution is 14.0. The molecule has 1 heterocycles. The standard InChI is InChI=1S/C22H36FN5O2.HI/c1-18(2)17-30-16-4-10-25-22(24-3)26-11-9-21(29)28-14-12-27(13-15-28)20-7-5-19(23)6-8-20;/h5-8,18H,4,9-17H2,1-3H3,(H2,24,25,26);1H. The molecule has 0 spiro atoms. The van der Waals surface area contributed by atoms with Gasteiger partial charge >= 0.3 is 0 Å². The number of hydrogen-bond acceptors (Lipinski definition) is 4. The first-order valence-corrected chi connectivity index (χ1v) is 10.8. The third kappa shape index (κ3) is 10.5. The van der Waals surface area contributed by atoms with Crippen LogP contribution in [0.5, 0.6) is 0 Å². The average molecular weight is 549 g/mol. The zero-order chi connectivity index (χ0) is 21.8. The van der Waals surface area contributed by atoms with Gasteiger partial charge in [-0.2, -0.15) is 0 Å². The van der Waals surface area contributed by atoms with Gasteiger partial charge in [-0.25, -0.2) is 4.39 Å². The number of rotatable bonds is 10. The maximum absolute atomic E-state index is 13.1. The van der Waals surface area contributed by atoms with Crippen LogP contribution in [0.2, 0.25) is 0 Å². The number of carbonyl (C=O) groups excluding carboxylic acids is 1. The summed E-state index contributed by atoms with van der Waals surface area (Å²) in [7, 11) is 1.72. The summed E-state index contributed by atoms with van der Waals surface area (Å²) < 4.78 is 18.6. The van der Waals surface area contributed by atoms with Gasteiger partial charge in [0.15, 0.2) is 5.96 Å². The van der Waals surface area contributed by atoms with Crippen molar-refractivity contribution < 1.29 is 13.9 Å². The molecule has 1 aromatic rings. The van der Waals surface area contributed by atoms with Crippen LogP contribution in [0, 0.1) is 11.7 Å². The lowest BCUT2D eigenvalue weighted by Gasteiger charge is -2.36. The molecule has 0 saturated carbocycles. The third-order valence-corrected chi connectivity index (χ3v) is 4.89. The predicted octanol–water partition coefficient (Wildman–Crippen LogP) is 2.71. The van der Waals surface area contributed by atoms with E-state index in [0.29, 0.717) is 37.9 Å². The zero-order valence-electron chi connectivity index (χ0n) is 18.9. The highest BCUT2D eigenvalue weighted by Crippen LogP contribution is 2.17. The number of carbonyl (C=O) groups is 1. The van der Waals surface area contributed by atoms with Gasteiger partial charge < -0.3 is 25.2 Å². The van der Waals surface area contributed by atoms with Crippen molar-refractivity contribution in [1.82, 2.24) is 15.5 Å². The van der Waals surface area contributed by atoms with Crippen molar-refractivity contribution in [2.45, 2.75) is 26.7 Å². The Morgan fingerprint density at radius 3 is 2.39 bits per heavy atom. The molecule has 1 amide bonds. The molecule has 0 aliphatic carbocycles. The summed E-state index contributed by atoms with van der Waals surface area (Å²) in [6, 6.07) is 6.51. The lowest BCUT2D eigenvalue weighted by molar-refractivity contribution is -0.131. The number of benzene rings is 1. The number of nitrogens with one attached hydrogen (secondary N) is 2. The van der Waals surface area contributed by atoms with E-state index in [2.05, 4.69) is 34.4 Å². The van der Waals surface area contributed by atoms with E-state index in [9.17, 15) is 9.18 Å². The molecule has 2 rings (SSSR count). The molecule has 1 fully saturated rings. The van der Waals surface area contributed by atoms with Gasteiger partial charge in [-0.1, -0.05) is 13.8 Å². The molecule has 176 valence electrons. The molecule has 0 unspecified atom stereocenters. The van der Waals surface area contributed by atoms with E-state index in [-0.39, 0.29) is 35.7 Å². The van der Waals surface area contributed by atoms with E-state index in [0.717, 1.165) is 45.0 Å². The SMILES string of the molecule is CN=C(NCCCOCC(C)C)NCCC(=O)N1CCN(c2ccc(F)cc2)CC1.I. The van der Waals surface area contributed by atoms with Crippen LogP contribution in [0.25, 0.3) is 0 Å². The van der Waals surface area contributed by atoms with Crippen LogP contribution in [0.15, 0.2) is 29.3 Å². The minimum Gasteiger partial charge on any atom is -0.381 e. The number of nitrogens with zero attached hydrogens (tertiary/aromatic N) is 3. The molecule has 1 aliphatic heterocycles. The van der Waals surface area contributed by atoms with E-state index in [1.165, 1.54) is 12.1 Å². The molecule has 1 saturated heterocycles. The summed E-state index contributed by atoms with van der Waals surface area (Å²) in [5.74, 6) is 1.16. The molecule has 2 N–H and O–H groups in total. The minimum atomic E-state index is -0.232. The van der Waals surface area contributed by atoms with Gasteiger partial charge in [0.2, 0.25) is 5.91 Å². The molecule has 0 radical (unpaired) electrons. The van der Waals surface area contributed by atoms with E-state index in [1.807, 2.05) is 4.90 Å². The second-order valence-electron chi connectivity index (χ2n) is 7.84. The number of anilines is 1. The Morgan fingerprint density at radius 2 is 1.77 bits per heavy atom. The normalized spacial score (nSPS) is 14.4. The van der Waals surface area contributed by atoms with E-state index in [1.54, 1.807) is 19.2 Å². The molecule has 1 aromatic carbocycles. The Morgan fingerprint density at radius 1 is 1.13 bits per heavy atom. The highest BCUT2D eigenvalue weighted by atomic mass is 127. The molecule has 7 nitrogen and oxygen atoms in total. The van der Waals surface area contributed by atoms with Gasteiger partial charge in [0.05, 0.1) is 0 Å². The molecule has 0 bridgehead atoms. The second kappa shape index (κ2) is 15.2. The second-order valence-corrected chi connectivity index (χ2v) is 7.84. The van der Waals surface area contributed by atoms with Gasteiger partial charge in [-0.05, 0) is 36.6 Å². The van der Waals surface area contributed by atoms with Crippen LogP contribution in [0.1, 0.15) is 26.7 Å². The number of aliphatic imine (C=N–C) groups is 1. The number of piperazine rings is 1. The predicted molar refractivity (Wildman–Crippen MR) is 135 cm³/mol. The van der Waals surface area contributed by atoms with Crippen LogP contribution in [0.3, 0.4) is 0 Å². The van der Waals surface area contributed by atoms with Crippen molar-refractivity contribution in [1.29, 1.82) is 0 Å². The number of halogens is 2. The minimum absolute atomic E-state index is 0. The molecule has 31 heavy (non-hydrogen) atoms. The van der Waals surface area contributed by atoms with Crippen molar-refractivity contribution in [3.63, 3.8) is 0 Å². The van der Waals surface area contributed by atoms with Crippen molar-refractivity contribution in [2.75, 3.05) is 64.4 Å². The zero-order valence-corrected chi connectivity index (χ0v) is 21.2. The number of amides is 1. The van der Waals surface area contributed by atoms with E-state index in [4.69, 9.17) is 4.74 Å². The largest absolute Gasteiger partial charge is 0.381 e. The van der Waals surface area contributed by atoms with Gasteiger partial charge in [-0.15, -0.1) is 24.0 Å². The summed E-state index contributed by atoms with van der Waals surface area (Å²) in [5, 5.41) is 6.43. The smallest absolute Gasteiger partial charge is 0.224 e. The highest BCUT2D eigenvalue weighted by Gasteiger charge is 2.21. The van der Waals surface area contributed by atoms with Crippen LogP contribution in [-0.4, -0.2) is 76.3 Å².